The molecule has 94 valence electrons. The minimum Gasteiger partial charge on any atom is -0.296 e. The molecule has 0 N–H and O–H groups in total. The van der Waals surface area contributed by atoms with Crippen LogP contribution >= 0.6 is 34.2 Å². The van der Waals surface area contributed by atoms with E-state index >= 15 is 0 Å². The summed E-state index contributed by atoms with van der Waals surface area (Å²) < 4.78 is 1.31. The second-order valence-corrected chi connectivity index (χ2v) is 6.35. The zero-order chi connectivity index (χ0) is 12.1. The molecule has 0 radical (unpaired) electrons. The third-order valence-corrected chi connectivity index (χ3v) is 4.46. The fourth-order valence-corrected chi connectivity index (χ4v) is 3.08. The summed E-state index contributed by atoms with van der Waals surface area (Å²) in [5.41, 5.74) is 1.43. The van der Waals surface area contributed by atoms with Crippen LogP contribution < -0.4 is 0 Å². The molecule has 1 fully saturated rings. The van der Waals surface area contributed by atoms with Crippen LogP contribution in [0.25, 0.3) is 0 Å². The lowest BCUT2D eigenvalue weighted by Crippen LogP contribution is -2.28. The Hall–Kier alpha value is 0.200. The van der Waals surface area contributed by atoms with Crippen molar-refractivity contribution in [3.05, 3.63) is 33.4 Å². The van der Waals surface area contributed by atoms with E-state index in [2.05, 4.69) is 51.8 Å². The Balaban J connectivity index is 1.90. The first kappa shape index (κ1) is 13.6. The van der Waals surface area contributed by atoms with Crippen LogP contribution in [0.1, 0.15) is 31.2 Å². The Morgan fingerprint density at radius 2 is 2.06 bits per heavy atom. The number of alkyl halides is 1. The van der Waals surface area contributed by atoms with E-state index in [0.29, 0.717) is 0 Å². The van der Waals surface area contributed by atoms with Crippen molar-refractivity contribution in [3.63, 3.8) is 0 Å². The van der Waals surface area contributed by atoms with Gasteiger partial charge in [-0.15, -0.1) is 11.6 Å². The molecule has 1 nitrogen and oxygen atoms in total. The van der Waals surface area contributed by atoms with Gasteiger partial charge in [-0.2, -0.15) is 0 Å². The normalized spacial score (nSPS) is 20.9. The van der Waals surface area contributed by atoms with Crippen molar-refractivity contribution in [2.24, 2.45) is 0 Å². The van der Waals surface area contributed by atoms with Gasteiger partial charge in [0, 0.05) is 22.0 Å². The van der Waals surface area contributed by atoms with Gasteiger partial charge in [-0.25, -0.2) is 0 Å². The van der Waals surface area contributed by atoms with Crippen LogP contribution in [0.3, 0.4) is 0 Å². The maximum absolute atomic E-state index is 5.79. The van der Waals surface area contributed by atoms with E-state index in [1.807, 2.05) is 0 Å². The van der Waals surface area contributed by atoms with E-state index in [4.69, 9.17) is 11.6 Å². The van der Waals surface area contributed by atoms with Crippen molar-refractivity contribution in [3.8, 4) is 0 Å². The number of hydrogen-bond donors (Lipinski definition) is 0. The van der Waals surface area contributed by atoms with Crippen LogP contribution in [0.4, 0.5) is 0 Å². The largest absolute Gasteiger partial charge is 0.296 e. The van der Waals surface area contributed by atoms with Crippen molar-refractivity contribution < 1.29 is 0 Å². The van der Waals surface area contributed by atoms with Crippen LogP contribution in [0.2, 0.25) is 0 Å². The third-order valence-electron chi connectivity index (χ3n) is 3.47. The highest BCUT2D eigenvalue weighted by Crippen LogP contribution is 2.23. The molecule has 0 bridgehead atoms. The van der Waals surface area contributed by atoms with Gasteiger partial charge in [-0.1, -0.05) is 12.1 Å². The molecule has 1 aliphatic heterocycles. The Labute approximate surface area is 123 Å². The van der Waals surface area contributed by atoms with Crippen molar-refractivity contribution in [1.29, 1.82) is 0 Å². The molecule has 1 aliphatic rings. The molecule has 1 heterocycles. The molecule has 1 unspecified atom stereocenters. The number of halogens is 2. The first-order valence-electron chi connectivity index (χ1n) is 6.34. The summed E-state index contributed by atoms with van der Waals surface area (Å²) in [6.07, 6.45) is 5.10. The molecule has 17 heavy (non-hydrogen) atoms. The smallest absolute Gasteiger partial charge is 0.0236 e. The van der Waals surface area contributed by atoms with Gasteiger partial charge in [0.1, 0.15) is 0 Å². The van der Waals surface area contributed by atoms with Gasteiger partial charge in [0.2, 0.25) is 0 Å². The summed E-state index contributed by atoms with van der Waals surface area (Å²) in [5.74, 6) is 0.799. The highest BCUT2D eigenvalue weighted by molar-refractivity contribution is 14.1. The Kier molecular flexibility index (Phi) is 5.57. The van der Waals surface area contributed by atoms with Crippen molar-refractivity contribution in [1.82, 2.24) is 4.90 Å². The fraction of sp³-hybridized carbons (Fsp3) is 0.571. The number of likely N-dealkylation sites (tertiary alicyclic amines) is 1. The summed E-state index contributed by atoms with van der Waals surface area (Å²) in [7, 11) is 0. The van der Waals surface area contributed by atoms with E-state index < -0.39 is 0 Å². The molecule has 0 saturated carbocycles. The van der Waals surface area contributed by atoms with Crippen LogP contribution in [0.5, 0.6) is 0 Å². The molecule has 1 aromatic rings. The Bertz CT molecular complexity index is 339. The predicted molar refractivity (Wildman–Crippen MR) is 82.5 cm³/mol. The molecule has 1 atom stereocenters. The first-order valence-corrected chi connectivity index (χ1v) is 7.95. The van der Waals surface area contributed by atoms with E-state index in [9.17, 15) is 0 Å². The molecule has 1 saturated heterocycles. The van der Waals surface area contributed by atoms with Gasteiger partial charge in [-0.3, -0.25) is 4.90 Å². The van der Waals surface area contributed by atoms with Crippen LogP contribution in [0, 0.1) is 3.57 Å². The lowest BCUT2D eigenvalue weighted by molar-refractivity contribution is 0.234. The quantitative estimate of drug-likeness (QED) is 0.558. The summed E-state index contributed by atoms with van der Waals surface area (Å²) in [6.45, 7) is 2.35. The molecule has 3 heteroatoms. The van der Waals surface area contributed by atoms with Crippen molar-refractivity contribution in [2.75, 3.05) is 12.4 Å². The maximum Gasteiger partial charge on any atom is 0.0236 e. The lowest BCUT2D eigenvalue weighted by Gasteiger charge is -2.24. The van der Waals surface area contributed by atoms with Crippen LogP contribution in [-0.4, -0.2) is 23.4 Å². The van der Waals surface area contributed by atoms with Crippen molar-refractivity contribution >= 4 is 34.2 Å². The zero-order valence-electron chi connectivity index (χ0n) is 10.0. The van der Waals surface area contributed by atoms with E-state index in [1.54, 1.807) is 0 Å². The Morgan fingerprint density at radius 3 is 2.76 bits per heavy atom. The molecule has 2 rings (SSSR count). The third kappa shape index (κ3) is 4.11. The number of benzene rings is 1. The number of hydrogen-bond acceptors (Lipinski definition) is 1. The fourth-order valence-electron chi connectivity index (χ4n) is 2.57. The van der Waals surface area contributed by atoms with Gasteiger partial charge < -0.3 is 0 Å². The summed E-state index contributed by atoms with van der Waals surface area (Å²) in [4.78, 5) is 2.62. The minimum absolute atomic E-state index is 0.757. The van der Waals surface area contributed by atoms with Gasteiger partial charge in [0.05, 0.1) is 0 Å². The van der Waals surface area contributed by atoms with Crippen LogP contribution in [-0.2, 0) is 6.54 Å². The van der Waals surface area contributed by atoms with E-state index in [-0.39, 0.29) is 0 Å². The van der Waals surface area contributed by atoms with E-state index in [1.165, 1.54) is 34.9 Å². The van der Waals surface area contributed by atoms with Crippen molar-refractivity contribution in [2.45, 2.75) is 38.3 Å². The van der Waals surface area contributed by atoms with Gasteiger partial charge >= 0.3 is 0 Å². The number of rotatable bonds is 5. The molecule has 0 aliphatic carbocycles. The predicted octanol–water partition coefficient (Wildman–Crippen LogP) is 4.27. The van der Waals surface area contributed by atoms with Gasteiger partial charge in [-0.05, 0) is 72.5 Å². The molecular weight excluding hydrogens is 345 g/mol. The second kappa shape index (κ2) is 6.95. The number of nitrogens with zero attached hydrogens (tertiary/aromatic N) is 1. The van der Waals surface area contributed by atoms with Gasteiger partial charge in [0.25, 0.3) is 0 Å². The first-order chi connectivity index (χ1) is 8.29. The zero-order valence-corrected chi connectivity index (χ0v) is 13.0. The highest BCUT2D eigenvalue weighted by Gasteiger charge is 2.23. The molecular formula is C14H19ClIN. The molecule has 0 amide bonds. The SMILES string of the molecule is ClCCCC1CCCN1Cc1ccc(I)cc1. The van der Waals surface area contributed by atoms with Gasteiger partial charge in [0.15, 0.2) is 0 Å². The maximum atomic E-state index is 5.79. The van der Waals surface area contributed by atoms with E-state index in [0.717, 1.165) is 24.9 Å². The minimum atomic E-state index is 0.757. The van der Waals surface area contributed by atoms with Crippen LogP contribution in [0.15, 0.2) is 24.3 Å². The monoisotopic (exact) mass is 363 g/mol. The highest BCUT2D eigenvalue weighted by atomic mass is 127. The molecule has 0 spiro atoms. The Morgan fingerprint density at radius 1 is 1.29 bits per heavy atom. The molecule has 1 aromatic carbocycles. The topological polar surface area (TPSA) is 3.24 Å². The lowest BCUT2D eigenvalue weighted by atomic mass is 10.1. The summed E-state index contributed by atoms with van der Waals surface area (Å²) in [6, 6.07) is 9.64. The second-order valence-electron chi connectivity index (χ2n) is 4.72. The summed E-state index contributed by atoms with van der Waals surface area (Å²) in [5, 5.41) is 0. The summed E-state index contributed by atoms with van der Waals surface area (Å²) >= 11 is 8.14. The average Bonchev–Trinajstić information content (AvgIpc) is 2.77. The molecule has 0 aromatic heterocycles. The average molecular weight is 364 g/mol. The standard InChI is InChI=1S/C14H19ClIN/c15-9-1-3-14-4-2-10-17(14)11-12-5-7-13(16)8-6-12/h5-8,14H,1-4,9-11H2.